The molecule has 0 saturated carbocycles. The molecule has 3 rings (SSSR count). The van der Waals surface area contributed by atoms with Crippen LogP contribution >= 0.6 is 0 Å². The van der Waals surface area contributed by atoms with Gasteiger partial charge in [-0.05, 0) is 83.5 Å². The fourth-order valence-electron chi connectivity index (χ4n) is 4.74. The normalized spacial score (nSPS) is 13.1. The Kier molecular flexibility index (Phi) is 26.0. The van der Waals surface area contributed by atoms with Gasteiger partial charge >= 0.3 is 0 Å². The van der Waals surface area contributed by atoms with E-state index in [4.69, 9.17) is 14.4 Å². The van der Waals surface area contributed by atoms with Crippen LogP contribution in [0.2, 0.25) is 0 Å². The number of aromatic hydroxyl groups is 1. The van der Waals surface area contributed by atoms with E-state index in [9.17, 15) is 5.11 Å². The van der Waals surface area contributed by atoms with E-state index in [0.29, 0.717) is 5.75 Å². The number of piperidine rings is 1. The van der Waals surface area contributed by atoms with E-state index in [1.807, 2.05) is 18.2 Å². The van der Waals surface area contributed by atoms with E-state index in [1.165, 1.54) is 63.7 Å². The van der Waals surface area contributed by atoms with Gasteiger partial charge in [0.1, 0.15) is 5.75 Å². The molecule has 8 heteroatoms. The molecule has 1 fully saturated rings. The molecule has 1 heterocycles. The van der Waals surface area contributed by atoms with Gasteiger partial charge in [-0.15, -0.1) is 0 Å². The first-order valence-electron chi connectivity index (χ1n) is 13.2. The molecule has 1 aliphatic heterocycles. The largest absolute Gasteiger partial charge is 0.545 e. The summed E-state index contributed by atoms with van der Waals surface area (Å²) < 4.78 is 0. The number of likely N-dealkylation sites (N-methyl/N-ethyl adjacent to an activating group) is 1. The Labute approximate surface area is 250 Å². The first-order valence-corrected chi connectivity index (χ1v) is 13.2. The fraction of sp³-hybridized carbons (Fsp3) is 0.516. The summed E-state index contributed by atoms with van der Waals surface area (Å²) in [6.07, 6.45) is 7.76. The van der Waals surface area contributed by atoms with Gasteiger partial charge in [0.05, 0.1) is 0 Å². The number of nitrogens with zero attached hydrogens (tertiary/aromatic N) is 3. The Morgan fingerprint density at radius 2 is 1.33 bits per heavy atom. The number of rotatable bonds is 13. The van der Waals surface area contributed by atoms with Gasteiger partial charge in [0.25, 0.3) is 0 Å². The van der Waals surface area contributed by atoms with Gasteiger partial charge in [-0.3, -0.25) is 25.3 Å². The number of carbonyl (C=O) groups excluding carboxylic acids is 3. The van der Waals surface area contributed by atoms with Crippen molar-refractivity contribution in [2.45, 2.75) is 51.0 Å². The zero-order valence-electron chi connectivity index (χ0n) is 23.6. The maximum atomic E-state index is 10.1. The summed E-state index contributed by atoms with van der Waals surface area (Å²) in [5, 5.41) is 10.1. The third kappa shape index (κ3) is 17.2. The predicted octanol–water partition coefficient (Wildman–Crippen LogP) is 4.37. The van der Waals surface area contributed by atoms with Gasteiger partial charge in [0.2, 0.25) is 0 Å². The number of benzene rings is 2. The second-order valence-corrected chi connectivity index (χ2v) is 9.65. The monoisotopic (exact) mass is 711 g/mol. The standard InChI is InChI=1S/C28H43N3O.3CHO.Re/c1-29(2)22-23-31(24-27-14-8-9-15-28(27)32)19-11-4-3-10-18-30-20-16-26(17-21-30)25-12-6-5-7-13-25;3*1-2;/h5-9,12-15,26,32H,3-4,10-11,16-24H2,1-2H3;3*1H;/q;3*-1;. The maximum absolute atomic E-state index is 10.1. The van der Waals surface area contributed by atoms with Crippen molar-refractivity contribution in [3.63, 3.8) is 0 Å². The van der Waals surface area contributed by atoms with Crippen LogP contribution in [-0.4, -0.2) is 93.5 Å². The van der Waals surface area contributed by atoms with Crippen LogP contribution in [0.4, 0.5) is 0 Å². The van der Waals surface area contributed by atoms with Crippen molar-refractivity contribution in [2.75, 3.05) is 53.4 Å². The molecule has 1 N–H and O–H groups in total. The fourth-order valence-corrected chi connectivity index (χ4v) is 4.74. The van der Waals surface area contributed by atoms with Gasteiger partial charge in [-0.2, -0.15) is 0 Å². The smallest absolute Gasteiger partial charge is 0.120 e. The van der Waals surface area contributed by atoms with Crippen LogP contribution in [0, 0.1) is 0 Å². The predicted molar refractivity (Wildman–Crippen MR) is 156 cm³/mol. The van der Waals surface area contributed by atoms with E-state index < -0.39 is 0 Å². The van der Waals surface area contributed by atoms with Crippen LogP contribution in [0.3, 0.4) is 0 Å². The Bertz CT molecular complexity index is 816. The molecule has 0 aromatic heterocycles. The van der Waals surface area contributed by atoms with Crippen molar-refractivity contribution < 1.29 is 39.9 Å². The summed E-state index contributed by atoms with van der Waals surface area (Å²) in [5.74, 6) is 1.17. The van der Waals surface area contributed by atoms with Crippen LogP contribution in [0.25, 0.3) is 0 Å². The third-order valence-corrected chi connectivity index (χ3v) is 6.81. The number of phenolic OH excluding ortho intramolecular Hbond substituents is 1. The Morgan fingerprint density at radius 3 is 1.92 bits per heavy atom. The Morgan fingerprint density at radius 1 is 0.769 bits per heavy atom. The first kappa shape index (κ1) is 38.9. The van der Waals surface area contributed by atoms with Crippen LogP contribution in [0.5, 0.6) is 5.75 Å². The summed E-state index contributed by atoms with van der Waals surface area (Å²) in [5.41, 5.74) is 2.56. The molecule has 2 aromatic carbocycles. The van der Waals surface area contributed by atoms with E-state index in [1.54, 1.807) is 6.07 Å². The quantitative estimate of drug-likeness (QED) is 0.188. The van der Waals surface area contributed by atoms with Crippen LogP contribution in [0.15, 0.2) is 54.6 Å². The second-order valence-electron chi connectivity index (χ2n) is 9.65. The molecule has 0 aliphatic carbocycles. The summed E-state index contributed by atoms with van der Waals surface area (Å²) in [6.45, 7) is 17.5. The zero-order chi connectivity index (χ0) is 28.6. The number of para-hydroxylation sites is 1. The van der Waals surface area contributed by atoms with Crippen molar-refractivity contribution >= 4 is 20.4 Å². The summed E-state index contributed by atoms with van der Waals surface area (Å²) in [4.78, 5) is 30.6. The number of hydrogen-bond donors (Lipinski definition) is 1. The molecule has 2 aromatic rings. The van der Waals surface area contributed by atoms with Crippen molar-refractivity contribution in [3.05, 3.63) is 65.7 Å². The molecule has 0 unspecified atom stereocenters. The van der Waals surface area contributed by atoms with Gasteiger partial charge in [-0.25, -0.2) is 0 Å². The molecule has 1 radical (unpaired) electrons. The molecule has 219 valence electrons. The van der Waals surface area contributed by atoms with Gasteiger partial charge < -0.3 is 29.3 Å². The molecule has 0 spiro atoms. The first-order chi connectivity index (χ1) is 18.6. The second kappa shape index (κ2) is 26.0. The molecule has 1 aliphatic rings. The minimum Gasteiger partial charge on any atom is -0.545 e. The van der Waals surface area contributed by atoms with E-state index in [2.05, 4.69) is 79.5 Å². The van der Waals surface area contributed by atoms with Crippen LogP contribution in [0.1, 0.15) is 55.6 Å². The van der Waals surface area contributed by atoms with Gasteiger partial charge in [0, 0.05) is 45.6 Å². The van der Waals surface area contributed by atoms with Gasteiger partial charge in [-0.1, -0.05) is 61.4 Å². The molecular weight excluding hydrogens is 665 g/mol. The molecule has 39 heavy (non-hydrogen) atoms. The van der Waals surface area contributed by atoms with Crippen LogP contribution < -0.4 is 0 Å². The minimum atomic E-state index is 0. The van der Waals surface area contributed by atoms with E-state index >= 15 is 0 Å². The molecule has 7 nitrogen and oxygen atoms in total. The average molecular weight is 711 g/mol. The van der Waals surface area contributed by atoms with E-state index in [0.717, 1.165) is 37.7 Å². The SMILES string of the molecule is CN(C)CCN(CCCCCCN1CCC(c2ccccc2)CC1)Cc1ccccc1O.[CH-]=O.[CH-]=O.[CH-]=O.[Re]. The van der Waals surface area contributed by atoms with Crippen molar-refractivity contribution in [2.24, 2.45) is 0 Å². The summed E-state index contributed by atoms with van der Waals surface area (Å²) in [6, 6.07) is 18.8. The van der Waals surface area contributed by atoms with Crippen molar-refractivity contribution in [1.29, 1.82) is 0 Å². The minimum absolute atomic E-state index is 0. The van der Waals surface area contributed by atoms with Crippen molar-refractivity contribution in [1.82, 2.24) is 14.7 Å². The van der Waals surface area contributed by atoms with Crippen molar-refractivity contribution in [3.8, 4) is 5.75 Å². The number of hydrogen-bond acceptors (Lipinski definition) is 7. The summed E-state index contributed by atoms with van der Waals surface area (Å²) >= 11 is 0. The van der Waals surface area contributed by atoms with E-state index in [-0.39, 0.29) is 20.4 Å². The Balaban J connectivity index is 0. The molecule has 0 atom stereocenters. The molecular formula is C31H46N3O4Re-3. The van der Waals surface area contributed by atoms with Crippen LogP contribution in [-0.2, 0) is 41.4 Å². The number of unbranched alkanes of at least 4 members (excludes halogenated alkanes) is 3. The number of phenols is 1. The van der Waals surface area contributed by atoms with Gasteiger partial charge in [0.15, 0.2) is 0 Å². The number of likely N-dealkylation sites (tertiary alicyclic amines) is 1. The third-order valence-electron chi connectivity index (χ3n) is 6.81. The Hall–Kier alpha value is -2.21. The molecule has 0 amide bonds. The molecule has 0 bridgehead atoms. The average Bonchev–Trinajstić information content (AvgIpc) is 2.98. The zero-order valence-corrected chi connectivity index (χ0v) is 26.3. The maximum Gasteiger partial charge on any atom is 0.120 e. The topological polar surface area (TPSA) is 81.2 Å². The molecule has 1 saturated heterocycles. The summed E-state index contributed by atoms with van der Waals surface area (Å²) in [7, 11) is 4.25.